The van der Waals surface area contributed by atoms with Crippen molar-refractivity contribution in [3.05, 3.63) is 59.4 Å². The van der Waals surface area contributed by atoms with E-state index >= 15 is 0 Å². The molecule has 0 bridgehead atoms. The van der Waals surface area contributed by atoms with Crippen LogP contribution in [0.4, 0.5) is 4.39 Å². The van der Waals surface area contributed by atoms with Crippen LogP contribution in [0, 0.1) is 17.7 Å². The van der Waals surface area contributed by atoms with E-state index in [1.807, 2.05) is 24.3 Å². The van der Waals surface area contributed by atoms with Crippen LogP contribution in [0.3, 0.4) is 0 Å². The van der Waals surface area contributed by atoms with Gasteiger partial charge in [-0.1, -0.05) is 24.0 Å². The van der Waals surface area contributed by atoms with Crippen LogP contribution < -0.4 is 9.47 Å². The van der Waals surface area contributed by atoms with Crippen LogP contribution in [0.1, 0.15) is 11.1 Å². The number of hydrogen-bond acceptors (Lipinski definition) is 3. The van der Waals surface area contributed by atoms with Crippen molar-refractivity contribution in [2.75, 3.05) is 13.7 Å². The summed E-state index contributed by atoms with van der Waals surface area (Å²) in [4.78, 5) is 0. The fraction of sp³-hybridized carbons (Fsp3) is 0.176. The predicted octanol–water partition coefficient (Wildman–Crippen LogP) is 2.76. The summed E-state index contributed by atoms with van der Waals surface area (Å²) in [7, 11) is 1.59. The van der Waals surface area contributed by atoms with E-state index in [0.717, 1.165) is 11.3 Å². The van der Waals surface area contributed by atoms with Gasteiger partial charge in [0, 0.05) is 6.07 Å². The van der Waals surface area contributed by atoms with Crippen LogP contribution in [0.2, 0.25) is 0 Å². The molecule has 4 heteroatoms. The molecule has 0 fully saturated rings. The van der Waals surface area contributed by atoms with Gasteiger partial charge in [0.2, 0.25) is 0 Å². The van der Waals surface area contributed by atoms with Gasteiger partial charge in [0.25, 0.3) is 0 Å². The average molecular weight is 286 g/mol. The van der Waals surface area contributed by atoms with E-state index in [-0.39, 0.29) is 13.2 Å². The van der Waals surface area contributed by atoms with Gasteiger partial charge in [-0.05, 0) is 29.8 Å². The van der Waals surface area contributed by atoms with Crippen molar-refractivity contribution >= 4 is 0 Å². The maximum Gasteiger partial charge on any atom is 0.138 e. The smallest absolute Gasteiger partial charge is 0.138 e. The first kappa shape index (κ1) is 14.9. The van der Waals surface area contributed by atoms with Gasteiger partial charge in [0.1, 0.15) is 30.5 Å². The van der Waals surface area contributed by atoms with E-state index in [0.29, 0.717) is 11.3 Å². The number of ether oxygens (including phenoxy) is 2. The molecule has 108 valence electrons. The van der Waals surface area contributed by atoms with Gasteiger partial charge in [-0.3, -0.25) is 0 Å². The number of benzene rings is 2. The molecule has 0 aliphatic carbocycles. The Bertz CT molecular complexity index is 671. The first-order valence-electron chi connectivity index (χ1n) is 6.38. The highest BCUT2D eigenvalue weighted by Crippen LogP contribution is 2.21. The van der Waals surface area contributed by atoms with Gasteiger partial charge < -0.3 is 14.6 Å². The van der Waals surface area contributed by atoms with Gasteiger partial charge in [0.05, 0.1) is 12.7 Å². The molecule has 3 nitrogen and oxygen atoms in total. The highest BCUT2D eigenvalue weighted by molar-refractivity contribution is 5.46. The minimum absolute atomic E-state index is 0.257. The lowest BCUT2D eigenvalue weighted by atomic mass is 10.2. The number of hydrogen-bond donors (Lipinski definition) is 1. The normalized spacial score (nSPS) is 9.67. The Morgan fingerprint density at radius 3 is 2.81 bits per heavy atom. The summed E-state index contributed by atoms with van der Waals surface area (Å²) in [6.07, 6.45) is 0. The molecule has 2 aromatic rings. The van der Waals surface area contributed by atoms with Crippen LogP contribution >= 0.6 is 0 Å². The van der Waals surface area contributed by atoms with E-state index in [9.17, 15) is 4.39 Å². The van der Waals surface area contributed by atoms with Crippen molar-refractivity contribution in [1.82, 2.24) is 0 Å². The standard InChI is InChI=1S/C17H15FO3/c1-20-16-6-2-4-13(10-16)12-21-17-11-15(18)8-7-14(17)5-3-9-19/h2,4,6-8,10-11,19H,9,12H2,1H3. The van der Waals surface area contributed by atoms with E-state index in [1.165, 1.54) is 18.2 Å². The first-order valence-corrected chi connectivity index (χ1v) is 6.38. The highest BCUT2D eigenvalue weighted by Gasteiger charge is 2.05. The molecule has 0 aliphatic rings. The summed E-state index contributed by atoms with van der Waals surface area (Å²) in [6.45, 7) is 0.0150. The summed E-state index contributed by atoms with van der Waals surface area (Å²) < 4.78 is 24.1. The fourth-order valence-electron chi connectivity index (χ4n) is 1.78. The zero-order valence-electron chi connectivity index (χ0n) is 11.6. The summed E-state index contributed by atoms with van der Waals surface area (Å²) in [6, 6.07) is 11.5. The number of halogens is 1. The second-order valence-corrected chi connectivity index (χ2v) is 4.24. The summed E-state index contributed by atoms with van der Waals surface area (Å²) >= 11 is 0. The van der Waals surface area contributed by atoms with Crippen LogP contribution in [-0.2, 0) is 6.61 Å². The van der Waals surface area contributed by atoms with Crippen molar-refractivity contribution in [2.24, 2.45) is 0 Å². The van der Waals surface area contributed by atoms with Gasteiger partial charge in [-0.25, -0.2) is 4.39 Å². The number of aliphatic hydroxyl groups excluding tert-OH is 1. The Kier molecular flexibility index (Phi) is 5.19. The zero-order valence-corrected chi connectivity index (χ0v) is 11.6. The first-order chi connectivity index (χ1) is 10.2. The van der Waals surface area contributed by atoms with Crippen molar-refractivity contribution in [3.63, 3.8) is 0 Å². The topological polar surface area (TPSA) is 38.7 Å². The molecule has 0 saturated heterocycles. The summed E-state index contributed by atoms with van der Waals surface area (Å²) in [5, 5.41) is 8.74. The molecular formula is C17H15FO3. The maximum atomic E-state index is 13.3. The SMILES string of the molecule is COc1cccc(COc2cc(F)ccc2C#CCO)c1. The van der Waals surface area contributed by atoms with Crippen LogP contribution in [0.25, 0.3) is 0 Å². The second kappa shape index (κ2) is 7.32. The largest absolute Gasteiger partial charge is 0.497 e. The molecule has 0 saturated carbocycles. The lowest BCUT2D eigenvalue weighted by molar-refractivity contribution is 0.302. The molecule has 21 heavy (non-hydrogen) atoms. The van der Waals surface area contributed by atoms with Crippen LogP contribution in [0.15, 0.2) is 42.5 Å². The van der Waals surface area contributed by atoms with E-state index in [4.69, 9.17) is 14.6 Å². The minimum atomic E-state index is -0.398. The molecular weight excluding hydrogens is 271 g/mol. The zero-order chi connectivity index (χ0) is 15.1. The molecule has 0 heterocycles. The molecule has 0 unspecified atom stereocenters. The predicted molar refractivity (Wildman–Crippen MR) is 77.7 cm³/mol. The summed E-state index contributed by atoms with van der Waals surface area (Å²) in [5.74, 6) is 5.94. The van der Waals surface area contributed by atoms with E-state index in [2.05, 4.69) is 11.8 Å². The molecule has 0 aromatic heterocycles. The average Bonchev–Trinajstić information content (AvgIpc) is 2.52. The Balaban J connectivity index is 2.16. The van der Waals surface area contributed by atoms with Gasteiger partial charge in [0.15, 0.2) is 0 Å². The molecule has 0 aliphatic heterocycles. The van der Waals surface area contributed by atoms with Crippen molar-refractivity contribution < 1.29 is 19.0 Å². The molecule has 2 aromatic carbocycles. The number of rotatable bonds is 4. The third kappa shape index (κ3) is 4.23. The molecule has 2 rings (SSSR count). The number of methoxy groups -OCH3 is 1. The Labute approximate surface area is 122 Å². The fourth-order valence-corrected chi connectivity index (χ4v) is 1.78. The number of aliphatic hydroxyl groups is 1. The molecule has 0 spiro atoms. The van der Waals surface area contributed by atoms with Gasteiger partial charge in [-0.15, -0.1) is 0 Å². The third-order valence-electron chi connectivity index (χ3n) is 2.77. The second-order valence-electron chi connectivity index (χ2n) is 4.24. The highest BCUT2D eigenvalue weighted by atomic mass is 19.1. The maximum absolute atomic E-state index is 13.3. The molecule has 1 N–H and O–H groups in total. The van der Waals surface area contributed by atoms with E-state index < -0.39 is 5.82 Å². The van der Waals surface area contributed by atoms with E-state index in [1.54, 1.807) is 7.11 Å². The van der Waals surface area contributed by atoms with Gasteiger partial charge >= 0.3 is 0 Å². The monoisotopic (exact) mass is 286 g/mol. The lowest BCUT2D eigenvalue weighted by Crippen LogP contribution is -1.98. The Morgan fingerprint density at radius 1 is 1.19 bits per heavy atom. The molecule has 0 atom stereocenters. The minimum Gasteiger partial charge on any atom is -0.497 e. The van der Waals surface area contributed by atoms with Crippen molar-refractivity contribution in [3.8, 4) is 23.3 Å². The Hall–Kier alpha value is -2.51. The molecule has 0 radical (unpaired) electrons. The quantitative estimate of drug-likeness (QED) is 0.878. The van der Waals surface area contributed by atoms with Gasteiger partial charge in [-0.2, -0.15) is 0 Å². The van der Waals surface area contributed by atoms with Crippen LogP contribution in [0.5, 0.6) is 11.5 Å². The van der Waals surface area contributed by atoms with Crippen LogP contribution in [-0.4, -0.2) is 18.8 Å². The van der Waals surface area contributed by atoms with Crippen molar-refractivity contribution in [1.29, 1.82) is 0 Å². The molecule has 0 amide bonds. The third-order valence-corrected chi connectivity index (χ3v) is 2.77. The Morgan fingerprint density at radius 2 is 2.05 bits per heavy atom. The van der Waals surface area contributed by atoms with Crippen molar-refractivity contribution in [2.45, 2.75) is 6.61 Å². The summed E-state index contributed by atoms with van der Waals surface area (Å²) in [5.41, 5.74) is 1.44. The lowest BCUT2D eigenvalue weighted by Gasteiger charge is -2.09.